The molecule has 4 rings (SSSR count). The molecule has 2 heterocycles. The zero-order chi connectivity index (χ0) is 22.5. The van der Waals surface area contributed by atoms with Crippen LogP contribution in [0.3, 0.4) is 0 Å². The molecule has 1 atom stereocenters. The van der Waals surface area contributed by atoms with Crippen LogP contribution in [0.5, 0.6) is 0 Å². The Morgan fingerprint density at radius 2 is 1.84 bits per heavy atom. The van der Waals surface area contributed by atoms with E-state index in [0.717, 1.165) is 57.5 Å². The summed E-state index contributed by atoms with van der Waals surface area (Å²) in [6.07, 6.45) is 2.91. The van der Waals surface area contributed by atoms with Gasteiger partial charge in [-0.1, -0.05) is 37.3 Å². The quantitative estimate of drug-likeness (QED) is 0.644. The van der Waals surface area contributed by atoms with Gasteiger partial charge in [0.05, 0.1) is 18.7 Å². The van der Waals surface area contributed by atoms with E-state index in [-0.39, 0.29) is 11.9 Å². The number of amides is 1. The number of nitrogens with zero attached hydrogens (tertiary/aromatic N) is 2. The molecule has 172 valence electrons. The first-order valence-corrected chi connectivity index (χ1v) is 12.4. The predicted octanol–water partition coefficient (Wildman–Crippen LogP) is 3.81. The number of hydrogen-bond acceptors (Lipinski definition) is 6. The normalized spacial score (nSPS) is 19.4. The number of thiophene rings is 1. The van der Waals surface area contributed by atoms with Crippen LogP contribution in [0.4, 0.5) is 5.00 Å². The Kier molecular flexibility index (Phi) is 7.60. The monoisotopic (exact) mass is 455 g/mol. The first-order valence-electron chi connectivity index (χ1n) is 11.6. The fourth-order valence-corrected chi connectivity index (χ4v) is 5.99. The molecule has 2 aromatic rings. The summed E-state index contributed by atoms with van der Waals surface area (Å²) < 4.78 is 5.31. The van der Waals surface area contributed by atoms with Crippen LogP contribution in [-0.2, 0) is 28.9 Å². The second-order valence-corrected chi connectivity index (χ2v) is 9.97. The molecule has 0 unspecified atom stereocenters. The van der Waals surface area contributed by atoms with Crippen LogP contribution in [0.2, 0.25) is 0 Å². The Morgan fingerprint density at radius 3 is 2.56 bits per heavy atom. The van der Waals surface area contributed by atoms with Crippen molar-refractivity contribution in [3.63, 3.8) is 0 Å². The van der Waals surface area contributed by atoms with Gasteiger partial charge < -0.3 is 10.1 Å². The molecule has 32 heavy (non-hydrogen) atoms. The summed E-state index contributed by atoms with van der Waals surface area (Å²) in [6, 6.07) is 10.5. The topological polar surface area (TPSA) is 61.9 Å². The highest BCUT2D eigenvalue weighted by Crippen LogP contribution is 2.40. The maximum atomic E-state index is 12.9. The second-order valence-electron chi connectivity index (χ2n) is 8.86. The second kappa shape index (κ2) is 10.6. The van der Waals surface area contributed by atoms with Gasteiger partial charge in [-0.3, -0.25) is 14.6 Å². The summed E-state index contributed by atoms with van der Waals surface area (Å²) in [5.74, 6) is 0.231. The average molecular weight is 456 g/mol. The smallest absolute Gasteiger partial charge is 0.341 e. The zero-order valence-electron chi connectivity index (χ0n) is 19.1. The number of hydrogen-bond donors (Lipinski definition) is 1. The van der Waals surface area contributed by atoms with Crippen LogP contribution in [0.25, 0.3) is 0 Å². The Balaban J connectivity index is 1.35. The van der Waals surface area contributed by atoms with Gasteiger partial charge in [-0.15, -0.1) is 11.3 Å². The van der Waals surface area contributed by atoms with E-state index in [1.807, 2.05) is 13.0 Å². The number of carbonyl (C=O) groups excluding carboxylic acids is 2. The summed E-state index contributed by atoms with van der Waals surface area (Å²) in [4.78, 5) is 31.3. The molecule has 1 aromatic carbocycles. The number of ether oxygens (including phenoxy) is 1. The molecule has 1 amide bonds. The van der Waals surface area contributed by atoms with E-state index < -0.39 is 0 Å². The van der Waals surface area contributed by atoms with Crippen molar-refractivity contribution in [1.82, 2.24) is 9.80 Å². The van der Waals surface area contributed by atoms with Crippen LogP contribution in [0, 0.1) is 5.92 Å². The summed E-state index contributed by atoms with van der Waals surface area (Å²) >= 11 is 1.55. The van der Waals surface area contributed by atoms with Gasteiger partial charge in [0, 0.05) is 37.6 Å². The molecular weight excluding hydrogens is 422 g/mol. The van der Waals surface area contributed by atoms with E-state index >= 15 is 0 Å². The van der Waals surface area contributed by atoms with E-state index in [9.17, 15) is 9.59 Å². The third kappa shape index (κ3) is 5.57. The van der Waals surface area contributed by atoms with Crippen molar-refractivity contribution in [1.29, 1.82) is 0 Å². The van der Waals surface area contributed by atoms with Gasteiger partial charge >= 0.3 is 5.97 Å². The van der Waals surface area contributed by atoms with Crippen LogP contribution in [-0.4, -0.2) is 61.0 Å². The summed E-state index contributed by atoms with van der Waals surface area (Å²) in [5, 5.41) is 3.71. The fourth-order valence-electron chi connectivity index (χ4n) is 4.57. The van der Waals surface area contributed by atoms with Gasteiger partial charge in [0.15, 0.2) is 0 Å². The maximum Gasteiger partial charge on any atom is 0.341 e. The SMILES string of the molecule is CCOC(=O)c1c(NC(=O)CN2CCN(Cc3ccccc3)CC2)sc2c1CC[C@H](C)C2. The van der Waals surface area contributed by atoms with E-state index in [1.54, 1.807) is 11.3 Å². The minimum atomic E-state index is -0.315. The lowest BCUT2D eigenvalue weighted by Crippen LogP contribution is -2.48. The van der Waals surface area contributed by atoms with Crippen molar-refractivity contribution in [2.45, 2.75) is 39.7 Å². The number of benzene rings is 1. The number of carbonyl (C=O) groups is 2. The Labute approximate surface area is 194 Å². The molecule has 1 aliphatic heterocycles. The number of anilines is 1. The number of piperazine rings is 1. The van der Waals surface area contributed by atoms with Crippen LogP contribution in [0.1, 0.15) is 46.6 Å². The van der Waals surface area contributed by atoms with Crippen LogP contribution < -0.4 is 5.32 Å². The van der Waals surface area contributed by atoms with Gasteiger partial charge in [0.1, 0.15) is 5.00 Å². The van der Waals surface area contributed by atoms with Crippen molar-refractivity contribution in [2.24, 2.45) is 5.92 Å². The number of fused-ring (bicyclic) bond motifs is 1. The van der Waals surface area contributed by atoms with Crippen molar-refractivity contribution in [2.75, 3.05) is 44.6 Å². The minimum Gasteiger partial charge on any atom is -0.462 e. The fraction of sp³-hybridized carbons (Fsp3) is 0.520. The molecule has 7 heteroatoms. The molecule has 0 spiro atoms. The average Bonchev–Trinajstić information content (AvgIpc) is 3.12. The third-order valence-electron chi connectivity index (χ3n) is 6.33. The van der Waals surface area contributed by atoms with Gasteiger partial charge in [-0.05, 0) is 43.2 Å². The van der Waals surface area contributed by atoms with Crippen molar-refractivity contribution >= 4 is 28.2 Å². The molecule has 1 aromatic heterocycles. The molecule has 0 bridgehead atoms. The molecular formula is C25H33N3O3S. The lowest BCUT2D eigenvalue weighted by molar-refractivity contribution is -0.117. The Bertz CT molecular complexity index is 935. The third-order valence-corrected chi connectivity index (χ3v) is 7.50. The Morgan fingerprint density at radius 1 is 1.12 bits per heavy atom. The van der Waals surface area contributed by atoms with Crippen molar-refractivity contribution in [3.05, 3.63) is 51.9 Å². The predicted molar refractivity (Wildman–Crippen MR) is 128 cm³/mol. The molecule has 1 aliphatic carbocycles. The highest BCUT2D eigenvalue weighted by Gasteiger charge is 2.29. The summed E-state index contributed by atoms with van der Waals surface area (Å²) in [7, 11) is 0. The minimum absolute atomic E-state index is 0.0568. The first kappa shape index (κ1) is 23.0. The molecule has 1 N–H and O–H groups in total. The van der Waals surface area contributed by atoms with E-state index in [1.165, 1.54) is 10.4 Å². The molecule has 2 aliphatic rings. The first-order chi connectivity index (χ1) is 15.5. The van der Waals surface area contributed by atoms with E-state index in [4.69, 9.17) is 4.74 Å². The lowest BCUT2D eigenvalue weighted by Gasteiger charge is -2.34. The van der Waals surface area contributed by atoms with E-state index in [0.29, 0.717) is 29.6 Å². The standard InChI is InChI=1S/C25H33N3O3S/c1-3-31-25(30)23-20-10-9-18(2)15-21(20)32-24(23)26-22(29)17-28-13-11-27(12-14-28)16-19-7-5-4-6-8-19/h4-8,18H,3,9-17H2,1-2H3,(H,26,29)/t18-/m0/s1. The van der Waals surface area contributed by atoms with Crippen LogP contribution in [0.15, 0.2) is 30.3 Å². The highest BCUT2D eigenvalue weighted by atomic mass is 32.1. The Hall–Kier alpha value is -2.22. The molecule has 1 fully saturated rings. The van der Waals surface area contributed by atoms with Crippen molar-refractivity contribution < 1.29 is 14.3 Å². The number of esters is 1. The van der Waals surface area contributed by atoms with Gasteiger partial charge in [0.25, 0.3) is 0 Å². The zero-order valence-corrected chi connectivity index (χ0v) is 19.9. The van der Waals surface area contributed by atoms with Crippen LogP contribution >= 0.6 is 11.3 Å². The van der Waals surface area contributed by atoms with Crippen molar-refractivity contribution in [3.8, 4) is 0 Å². The maximum absolute atomic E-state index is 12.9. The highest BCUT2D eigenvalue weighted by molar-refractivity contribution is 7.17. The number of nitrogens with one attached hydrogen (secondary N) is 1. The molecule has 0 radical (unpaired) electrons. The lowest BCUT2D eigenvalue weighted by atomic mass is 9.88. The molecule has 0 saturated carbocycles. The van der Waals surface area contributed by atoms with Gasteiger partial charge in [-0.25, -0.2) is 4.79 Å². The van der Waals surface area contributed by atoms with Gasteiger partial charge in [-0.2, -0.15) is 0 Å². The van der Waals surface area contributed by atoms with Gasteiger partial charge in [0.2, 0.25) is 5.91 Å². The number of rotatable bonds is 7. The molecule has 6 nitrogen and oxygen atoms in total. The summed E-state index contributed by atoms with van der Waals surface area (Å²) in [6.45, 7) is 9.30. The largest absolute Gasteiger partial charge is 0.462 e. The van der Waals surface area contributed by atoms with E-state index in [2.05, 4.69) is 46.3 Å². The summed E-state index contributed by atoms with van der Waals surface area (Å²) in [5.41, 5.74) is 2.98. The molecule has 1 saturated heterocycles.